The first-order chi connectivity index (χ1) is 2.50. The van der Waals surface area contributed by atoms with E-state index >= 15 is 0 Å². The molecule has 0 bridgehead atoms. The molecule has 4 heteroatoms. The standard InChI is InChI=1S/C3H4N2.Mg.H2O/c1-2-5-3-4-1;;/h1-3H,(H,4,5);;1H2. The largest absolute Gasteiger partial charge is 0.870 e. The third kappa shape index (κ3) is 3.77. The Hall–Kier alpha value is -0.0638. The molecule has 0 saturated carbocycles. The van der Waals surface area contributed by atoms with Crippen molar-refractivity contribution in [2.24, 2.45) is 0 Å². The highest BCUT2D eigenvalue weighted by Crippen LogP contribution is 1.53. The van der Waals surface area contributed by atoms with Gasteiger partial charge >= 0.3 is 0 Å². The minimum atomic E-state index is 0. The van der Waals surface area contributed by atoms with Crippen molar-refractivity contribution in [2.75, 3.05) is 0 Å². The van der Waals surface area contributed by atoms with Crippen molar-refractivity contribution < 1.29 is 10.5 Å². The summed E-state index contributed by atoms with van der Waals surface area (Å²) in [5.41, 5.74) is 0. The first-order valence-corrected chi connectivity index (χ1v) is 1.49. The molecular formula is C3H6MgN2O. The average Bonchev–Trinajstić information content (AvgIpc) is 1.76. The Balaban J connectivity index is 0. The van der Waals surface area contributed by atoms with E-state index in [9.17, 15) is 0 Å². The van der Waals surface area contributed by atoms with Crippen LogP contribution in [0.15, 0.2) is 18.7 Å². The summed E-state index contributed by atoms with van der Waals surface area (Å²) in [7, 11) is 0. The lowest BCUT2D eigenvalue weighted by Crippen LogP contribution is -1.87. The van der Waals surface area contributed by atoms with Crippen LogP contribution in [0.25, 0.3) is 0 Å². The van der Waals surface area contributed by atoms with Gasteiger partial charge in [-0.3, -0.25) is 9.97 Å². The first-order valence-electron chi connectivity index (χ1n) is 1.49. The van der Waals surface area contributed by atoms with Crippen molar-refractivity contribution in [3.05, 3.63) is 18.7 Å². The van der Waals surface area contributed by atoms with Crippen molar-refractivity contribution in [2.45, 2.75) is 0 Å². The van der Waals surface area contributed by atoms with Crippen LogP contribution in [0.2, 0.25) is 0 Å². The lowest BCUT2D eigenvalue weighted by Gasteiger charge is -1.37. The van der Waals surface area contributed by atoms with Gasteiger partial charge in [0.05, 0.1) is 0 Å². The molecule has 2 radical (unpaired) electrons. The van der Waals surface area contributed by atoms with Gasteiger partial charge in [-0.1, -0.05) is 0 Å². The molecular weight excluding hydrogens is 104 g/mol. The summed E-state index contributed by atoms with van der Waals surface area (Å²) in [5.74, 6) is 0. The lowest BCUT2D eigenvalue weighted by molar-refractivity contribution is -0.375. The van der Waals surface area contributed by atoms with Gasteiger partial charge in [-0.05, 0) is 0 Å². The van der Waals surface area contributed by atoms with Crippen molar-refractivity contribution in [1.29, 1.82) is 0 Å². The van der Waals surface area contributed by atoms with Gasteiger partial charge in [0, 0.05) is 23.1 Å². The number of aromatic amines is 2. The molecule has 0 aromatic carbocycles. The van der Waals surface area contributed by atoms with Crippen LogP contribution in [-0.4, -0.2) is 33.5 Å². The molecule has 1 rings (SSSR count). The molecule has 0 aliphatic carbocycles. The first kappa shape index (κ1) is 10.0. The lowest BCUT2D eigenvalue weighted by atomic mass is 11.0. The molecule has 0 saturated heterocycles. The maximum Gasteiger partial charge on any atom is 0.239 e. The minimum Gasteiger partial charge on any atom is -0.870 e. The smallest absolute Gasteiger partial charge is 0.239 e. The summed E-state index contributed by atoms with van der Waals surface area (Å²) >= 11 is 0. The van der Waals surface area contributed by atoms with E-state index in [1.165, 1.54) is 0 Å². The fourth-order valence-corrected chi connectivity index (χ4v) is 0.241. The van der Waals surface area contributed by atoms with E-state index in [4.69, 9.17) is 0 Å². The van der Waals surface area contributed by atoms with Crippen LogP contribution in [0.5, 0.6) is 0 Å². The van der Waals surface area contributed by atoms with Crippen LogP contribution in [0, 0.1) is 0 Å². The van der Waals surface area contributed by atoms with Crippen molar-refractivity contribution >= 4 is 23.1 Å². The number of aromatic nitrogens is 2. The van der Waals surface area contributed by atoms with Crippen LogP contribution in [-0.2, 0) is 0 Å². The molecule has 0 fully saturated rings. The fraction of sp³-hybridized carbons (Fsp3) is 0. The zero-order chi connectivity index (χ0) is 3.54. The zero-order valence-corrected chi connectivity index (χ0v) is 5.30. The molecule has 0 aliphatic heterocycles. The van der Waals surface area contributed by atoms with Crippen LogP contribution in [0.1, 0.15) is 0 Å². The second-order valence-electron chi connectivity index (χ2n) is 0.811. The quantitative estimate of drug-likeness (QED) is 0.440. The van der Waals surface area contributed by atoms with E-state index in [2.05, 4.69) is 9.97 Å². The Morgan fingerprint density at radius 2 is 2.14 bits per heavy atom. The molecule has 3 N–H and O–H groups in total. The number of hydrogen-bond donors (Lipinski definition) is 1. The second-order valence-corrected chi connectivity index (χ2v) is 0.811. The number of hydrogen-bond acceptors (Lipinski definition) is 1. The molecule has 0 amide bonds. The summed E-state index contributed by atoms with van der Waals surface area (Å²) in [6.07, 6.45) is 5.39. The van der Waals surface area contributed by atoms with Crippen LogP contribution >= 0.6 is 0 Å². The van der Waals surface area contributed by atoms with Gasteiger partial charge in [-0.2, -0.15) is 0 Å². The zero-order valence-electron chi connectivity index (χ0n) is 3.89. The normalized spacial score (nSPS) is 5.71. The molecule has 1 heterocycles. The Morgan fingerprint density at radius 3 is 2.29 bits per heavy atom. The molecule has 0 spiro atoms. The number of rotatable bonds is 0. The summed E-state index contributed by atoms with van der Waals surface area (Å²) in [6, 6.07) is 0. The molecule has 0 unspecified atom stereocenters. The van der Waals surface area contributed by atoms with Crippen LogP contribution < -0.4 is 4.98 Å². The van der Waals surface area contributed by atoms with Gasteiger partial charge in [0.1, 0.15) is 12.4 Å². The summed E-state index contributed by atoms with van der Waals surface area (Å²) in [4.78, 5) is 5.61. The van der Waals surface area contributed by atoms with Crippen molar-refractivity contribution in [3.8, 4) is 0 Å². The molecule has 36 valence electrons. The van der Waals surface area contributed by atoms with Gasteiger partial charge in [-0.25, -0.2) is 0 Å². The van der Waals surface area contributed by atoms with Gasteiger partial charge in [0.2, 0.25) is 6.33 Å². The highest BCUT2D eigenvalue weighted by Gasteiger charge is 1.65. The highest BCUT2D eigenvalue weighted by molar-refractivity contribution is 5.75. The number of imidazole rings is 1. The van der Waals surface area contributed by atoms with E-state index < -0.39 is 0 Å². The molecule has 3 nitrogen and oxygen atoms in total. The topological polar surface area (TPSA) is 59.9 Å². The Morgan fingerprint density at radius 1 is 1.43 bits per heavy atom. The second kappa shape index (κ2) is 5.94. The highest BCUT2D eigenvalue weighted by atomic mass is 24.3. The Kier molecular flexibility index (Phi) is 8.51. The Bertz CT molecular complexity index is 69.4. The van der Waals surface area contributed by atoms with Crippen molar-refractivity contribution in [3.63, 3.8) is 0 Å². The maximum absolute atomic E-state index is 2.81. The van der Waals surface area contributed by atoms with Gasteiger partial charge in [-0.15, -0.1) is 0 Å². The molecule has 7 heavy (non-hydrogen) atoms. The van der Waals surface area contributed by atoms with Gasteiger partial charge in [0.15, 0.2) is 0 Å². The van der Waals surface area contributed by atoms with E-state index in [0.29, 0.717) is 0 Å². The van der Waals surface area contributed by atoms with E-state index in [1.54, 1.807) is 6.33 Å². The molecule has 1 aromatic rings. The molecule has 1 aromatic heterocycles. The van der Waals surface area contributed by atoms with Crippen LogP contribution in [0.3, 0.4) is 0 Å². The van der Waals surface area contributed by atoms with E-state index in [-0.39, 0.29) is 28.5 Å². The van der Waals surface area contributed by atoms with Crippen LogP contribution in [0.4, 0.5) is 0 Å². The summed E-state index contributed by atoms with van der Waals surface area (Å²) < 4.78 is 0. The van der Waals surface area contributed by atoms with Gasteiger partial charge in [0.25, 0.3) is 0 Å². The summed E-state index contributed by atoms with van der Waals surface area (Å²) in [6.45, 7) is 0. The third-order valence-corrected chi connectivity index (χ3v) is 0.442. The maximum atomic E-state index is 2.81. The SMILES string of the molecule is [Mg].[OH-].c1c[nH+]c[nH]1. The fourth-order valence-electron chi connectivity index (χ4n) is 0.241. The third-order valence-electron chi connectivity index (χ3n) is 0.442. The van der Waals surface area contributed by atoms with E-state index in [0.717, 1.165) is 0 Å². The van der Waals surface area contributed by atoms with E-state index in [1.807, 2.05) is 12.4 Å². The van der Waals surface area contributed by atoms with Gasteiger partial charge < -0.3 is 5.48 Å². The number of H-pyrrole nitrogens is 2. The van der Waals surface area contributed by atoms with Crippen molar-refractivity contribution in [1.82, 2.24) is 4.98 Å². The predicted octanol–water partition coefficient (Wildman–Crippen LogP) is -0.729. The summed E-state index contributed by atoms with van der Waals surface area (Å²) in [5, 5.41) is 0. The minimum absolute atomic E-state index is 0. The predicted molar refractivity (Wildman–Crippen MR) is 25.0 cm³/mol. The molecule has 0 atom stereocenters. The Labute approximate surface area is 57.6 Å². The molecule has 0 aliphatic rings. The number of nitrogens with one attached hydrogen (secondary N) is 2. The average molecular weight is 110 g/mol. The monoisotopic (exact) mass is 110 g/mol.